The third-order valence-corrected chi connectivity index (χ3v) is 5.47. The van der Waals surface area contributed by atoms with Gasteiger partial charge in [-0.3, -0.25) is 0 Å². The average molecular weight is 476 g/mol. The lowest BCUT2D eigenvalue weighted by molar-refractivity contribution is -0.00548. The van der Waals surface area contributed by atoms with Crippen LogP contribution >= 0.6 is 34.8 Å². The van der Waals surface area contributed by atoms with Crippen LogP contribution in [0.2, 0.25) is 15.1 Å². The van der Waals surface area contributed by atoms with Gasteiger partial charge in [-0.25, -0.2) is 19.3 Å². The first-order valence-electron chi connectivity index (χ1n) is 9.25. The molecular formula is C21H17Cl3N6O. The lowest BCUT2D eigenvalue weighted by Gasteiger charge is -2.29. The summed E-state index contributed by atoms with van der Waals surface area (Å²) < 4.78 is 3.14. The fourth-order valence-electron chi connectivity index (χ4n) is 3.19. The molecule has 2 aromatic carbocycles. The van der Waals surface area contributed by atoms with Gasteiger partial charge in [0.1, 0.15) is 24.6 Å². The van der Waals surface area contributed by atoms with Crippen LogP contribution in [0.15, 0.2) is 61.4 Å². The Morgan fingerprint density at radius 1 is 0.903 bits per heavy atom. The van der Waals surface area contributed by atoms with Gasteiger partial charge in [0, 0.05) is 20.6 Å². The van der Waals surface area contributed by atoms with Crippen molar-refractivity contribution in [3.63, 3.8) is 0 Å². The van der Waals surface area contributed by atoms with Crippen LogP contribution in [0.4, 0.5) is 0 Å². The van der Waals surface area contributed by atoms with Gasteiger partial charge in [0.15, 0.2) is 5.82 Å². The first-order valence-corrected chi connectivity index (χ1v) is 10.4. The largest absolute Gasteiger partial charge is 0.381 e. The molecule has 0 spiro atoms. The molecule has 0 bridgehead atoms. The van der Waals surface area contributed by atoms with Crippen molar-refractivity contribution in [1.82, 2.24) is 29.5 Å². The SMILES string of the molecule is OC(Cn1cncn1)(Cn1ncnc1/C=C/c1ccc(Cl)cc1)c1ccc(Cl)cc1Cl. The van der Waals surface area contributed by atoms with Crippen LogP contribution in [0.25, 0.3) is 12.2 Å². The predicted octanol–water partition coefficient (Wildman–Crippen LogP) is 4.59. The Hall–Kier alpha value is -2.71. The first-order chi connectivity index (χ1) is 14.9. The molecule has 0 saturated carbocycles. The molecule has 0 fully saturated rings. The van der Waals surface area contributed by atoms with Crippen molar-refractivity contribution >= 4 is 47.0 Å². The number of hydrogen-bond donors (Lipinski definition) is 1. The highest BCUT2D eigenvalue weighted by Crippen LogP contribution is 2.33. The summed E-state index contributed by atoms with van der Waals surface area (Å²) in [4.78, 5) is 8.25. The normalized spacial score (nSPS) is 13.5. The van der Waals surface area contributed by atoms with Crippen LogP contribution in [0.1, 0.15) is 17.0 Å². The predicted molar refractivity (Wildman–Crippen MR) is 121 cm³/mol. The van der Waals surface area contributed by atoms with E-state index in [9.17, 15) is 5.11 Å². The van der Waals surface area contributed by atoms with E-state index in [4.69, 9.17) is 34.8 Å². The molecule has 1 unspecified atom stereocenters. The van der Waals surface area contributed by atoms with Crippen LogP contribution in [-0.4, -0.2) is 34.6 Å². The molecule has 0 aliphatic rings. The summed E-state index contributed by atoms with van der Waals surface area (Å²) in [6.07, 6.45) is 8.07. The van der Waals surface area contributed by atoms with Gasteiger partial charge in [0.2, 0.25) is 0 Å². The highest BCUT2D eigenvalue weighted by atomic mass is 35.5. The average Bonchev–Trinajstić information content (AvgIpc) is 3.39. The van der Waals surface area contributed by atoms with Crippen LogP contribution in [0.5, 0.6) is 0 Å². The summed E-state index contributed by atoms with van der Waals surface area (Å²) in [7, 11) is 0. The van der Waals surface area contributed by atoms with Gasteiger partial charge < -0.3 is 5.11 Å². The van der Waals surface area contributed by atoms with Gasteiger partial charge >= 0.3 is 0 Å². The zero-order chi connectivity index (χ0) is 21.8. The number of aromatic nitrogens is 6. The van der Waals surface area contributed by atoms with Crippen LogP contribution < -0.4 is 0 Å². The fraction of sp³-hybridized carbons (Fsp3) is 0.143. The first kappa shape index (κ1) is 21.5. The molecule has 2 heterocycles. The second kappa shape index (κ2) is 9.20. The number of nitrogens with zero attached hydrogens (tertiary/aromatic N) is 6. The maximum Gasteiger partial charge on any atom is 0.150 e. The topological polar surface area (TPSA) is 81.6 Å². The van der Waals surface area contributed by atoms with Crippen molar-refractivity contribution < 1.29 is 5.11 Å². The fourth-order valence-corrected chi connectivity index (χ4v) is 3.90. The van der Waals surface area contributed by atoms with Gasteiger partial charge in [-0.2, -0.15) is 10.2 Å². The summed E-state index contributed by atoms with van der Waals surface area (Å²) in [5, 5.41) is 21.6. The van der Waals surface area contributed by atoms with Gasteiger partial charge in [-0.15, -0.1) is 0 Å². The van der Waals surface area contributed by atoms with E-state index in [-0.39, 0.29) is 13.1 Å². The summed E-state index contributed by atoms with van der Waals surface area (Å²) in [5.41, 5.74) is 0.00105. The third-order valence-electron chi connectivity index (χ3n) is 4.67. The molecule has 10 heteroatoms. The van der Waals surface area contributed by atoms with E-state index in [0.717, 1.165) is 5.56 Å². The Labute approximate surface area is 193 Å². The van der Waals surface area contributed by atoms with Gasteiger partial charge in [-0.1, -0.05) is 59.1 Å². The molecule has 31 heavy (non-hydrogen) atoms. The second-order valence-corrected chi connectivity index (χ2v) is 8.19. The quantitative estimate of drug-likeness (QED) is 0.423. The van der Waals surface area contributed by atoms with E-state index >= 15 is 0 Å². The summed E-state index contributed by atoms with van der Waals surface area (Å²) in [5.74, 6) is 0.567. The molecular weight excluding hydrogens is 459 g/mol. The molecule has 0 saturated heterocycles. The van der Waals surface area contributed by atoms with E-state index in [2.05, 4.69) is 20.2 Å². The molecule has 0 amide bonds. The maximum atomic E-state index is 11.7. The highest BCUT2D eigenvalue weighted by Gasteiger charge is 2.34. The van der Waals surface area contributed by atoms with Crippen LogP contribution in [0.3, 0.4) is 0 Å². The minimum atomic E-state index is -1.45. The van der Waals surface area contributed by atoms with Crippen molar-refractivity contribution in [1.29, 1.82) is 0 Å². The molecule has 0 aliphatic heterocycles. The number of aliphatic hydroxyl groups is 1. The Kier molecular flexibility index (Phi) is 6.38. The van der Waals surface area contributed by atoms with E-state index in [1.54, 1.807) is 22.9 Å². The van der Waals surface area contributed by atoms with Crippen molar-refractivity contribution in [3.05, 3.63) is 93.5 Å². The molecule has 2 aromatic heterocycles. The Morgan fingerprint density at radius 2 is 1.68 bits per heavy atom. The smallest absolute Gasteiger partial charge is 0.150 e. The van der Waals surface area contributed by atoms with E-state index in [0.29, 0.717) is 26.5 Å². The molecule has 7 nitrogen and oxygen atoms in total. The van der Waals surface area contributed by atoms with Gasteiger partial charge in [0.05, 0.1) is 13.1 Å². The molecule has 0 radical (unpaired) electrons. The lowest BCUT2D eigenvalue weighted by Crippen LogP contribution is -2.37. The maximum absolute atomic E-state index is 11.7. The summed E-state index contributed by atoms with van der Waals surface area (Å²) >= 11 is 18.4. The third kappa shape index (κ3) is 5.14. The number of rotatable bonds is 7. The zero-order valence-electron chi connectivity index (χ0n) is 16.1. The zero-order valence-corrected chi connectivity index (χ0v) is 18.4. The number of halogens is 3. The summed E-state index contributed by atoms with van der Waals surface area (Å²) in [6, 6.07) is 12.4. The van der Waals surface area contributed by atoms with E-state index in [1.165, 1.54) is 23.7 Å². The Morgan fingerprint density at radius 3 is 2.39 bits per heavy atom. The van der Waals surface area contributed by atoms with Crippen molar-refractivity contribution in [2.24, 2.45) is 0 Å². The van der Waals surface area contributed by atoms with Crippen molar-refractivity contribution in [2.75, 3.05) is 0 Å². The molecule has 0 aliphatic carbocycles. The standard InChI is InChI=1S/C21H17Cl3N6O/c22-16-4-1-15(2-5-16)3-8-20-26-13-28-30(20)11-21(31,10-29-14-25-12-27-29)18-7-6-17(23)9-19(18)24/h1-9,12-14,31H,10-11H2/b8-3+. The monoisotopic (exact) mass is 474 g/mol. The second-order valence-electron chi connectivity index (χ2n) is 6.91. The lowest BCUT2D eigenvalue weighted by atomic mass is 9.93. The number of hydrogen-bond acceptors (Lipinski definition) is 5. The molecule has 4 rings (SSSR count). The van der Waals surface area contributed by atoms with Crippen LogP contribution in [-0.2, 0) is 18.7 Å². The van der Waals surface area contributed by atoms with Crippen LogP contribution in [0, 0.1) is 0 Å². The Bertz CT molecular complexity index is 1190. The highest BCUT2D eigenvalue weighted by molar-refractivity contribution is 6.35. The minimum Gasteiger partial charge on any atom is -0.381 e. The number of benzene rings is 2. The van der Waals surface area contributed by atoms with E-state index in [1.807, 2.05) is 36.4 Å². The molecule has 4 aromatic rings. The Balaban J connectivity index is 1.66. The molecule has 158 valence electrons. The molecule has 1 atom stereocenters. The minimum absolute atomic E-state index is 0.0779. The van der Waals surface area contributed by atoms with E-state index < -0.39 is 5.60 Å². The molecule has 1 N–H and O–H groups in total. The van der Waals surface area contributed by atoms with Gasteiger partial charge in [0.25, 0.3) is 0 Å². The van der Waals surface area contributed by atoms with Crippen molar-refractivity contribution in [3.8, 4) is 0 Å². The van der Waals surface area contributed by atoms with Crippen molar-refractivity contribution in [2.45, 2.75) is 18.7 Å². The summed E-state index contributed by atoms with van der Waals surface area (Å²) in [6.45, 7) is 0.184. The van der Waals surface area contributed by atoms with Gasteiger partial charge in [-0.05, 0) is 35.9 Å².